The van der Waals surface area contributed by atoms with E-state index in [4.69, 9.17) is 33.7 Å². The number of halogens is 2. The highest BCUT2D eigenvalue weighted by molar-refractivity contribution is 6.42. The minimum absolute atomic E-state index is 0.412. The van der Waals surface area contributed by atoms with Crippen molar-refractivity contribution in [1.29, 1.82) is 0 Å². The molecule has 1 unspecified atom stereocenters. The van der Waals surface area contributed by atoms with Crippen LogP contribution in [0.3, 0.4) is 0 Å². The second-order valence-corrected chi connectivity index (χ2v) is 5.57. The molecule has 0 aromatic heterocycles. The van der Waals surface area contributed by atoms with Crippen LogP contribution in [0.2, 0.25) is 10.0 Å². The third-order valence-corrected chi connectivity index (χ3v) is 4.06. The van der Waals surface area contributed by atoms with Gasteiger partial charge in [0.2, 0.25) is 0 Å². The fourth-order valence-corrected chi connectivity index (χ4v) is 2.28. The Labute approximate surface area is 129 Å². The molecule has 106 valence electrons. The number of nitrogens with two attached hydrogens (primary N) is 1. The SMILES string of the molecule is CCC(C)c1ccccc1Oc1cc(Cl)c(Cl)cc1N. The third-order valence-electron chi connectivity index (χ3n) is 3.33. The molecule has 0 radical (unpaired) electrons. The second kappa shape index (κ2) is 6.38. The van der Waals surface area contributed by atoms with E-state index in [9.17, 15) is 0 Å². The Balaban J connectivity index is 2.38. The van der Waals surface area contributed by atoms with Gasteiger partial charge in [0.1, 0.15) is 5.75 Å². The van der Waals surface area contributed by atoms with Gasteiger partial charge in [-0.15, -0.1) is 0 Å². The lowest BCUT2D eigenvalue weighted by atomic mass is 9.98. The zero-order valence-electron chi connectivity index (χ0n) is 11.5. The highest BCUT2D eigenvalue weighted by Crippen LogP contribution is 2.37. The van der Waals surface area contributed by atoms with Crippen molar-refractivity contribution in [2.75, 3.05) is 5.73 Å². The first kappa shape index (κ1) is 15.0. The van der Waals surface area contributed by atoms with Gasteiger partial charge in [0.25, 0.3) is 0 Å². The molecule has 0 saturated heterocycles. The van der Waals surface area contributed by atoms with Crippen molar-refractivity contribution in [3.8, 4) is 11.5 Å². The first-order valence-electron chi connectivity index (χ1n) is 6.54. The zero-order valence-corrected chi connectivity index (χ0v) is 13.0. The van der Waals surface area contributed by atoms with E-state index in [0.717, 1.165) is 17.7 Å². The van der Waals surface area contributed by atoms with E-state index in [0.29, 0.717) is 27.4 Å². The summed E-state index contributed by atoms with van der Waals surface area (Å²) in [5.41, 5.74) is 7.55. The van der Waals surface area contributed by atoms with Gasteiger partial charge >= 0.3 is 0 Å². The molecular formula is C16H17Cl2NO. The molecule has 4 heteroatoms. The summed E-state index contributed by atoms with van der Waals surface area (Å²) in [7, 11) is 0. The van der Waals surface area contributed by atoms with Gasteiger partial charge in [-0.05, 0) is 30.0 Å². The normalized spacial score (nSPS) is 12.2. The molecule has 0 saturated carbocycles. The molecule has 2 nitrogen and oxygen atoms in total. The molecule has 2 rings (SSSR count). The lowest BCUT2D eigenvalue weighted by Gasteiger charge is -2.16. The van der Waals surface area contributed by atoms with Crippen molar-refractivity contribution in [2.45, 2.75) is 26.2 Å². The molecular weight excluding hydrogens is 293 g/mol. The molecule has 1 atom stereocenters. The van der Waals surface area contributed by atoms with Crippen molar-refractivity contribution < 1.29 is 4.74 Å². The van der Waals surface area contributed by atoms with Gasteiger partial charge in [0, 0.05) is 6.07 Å². The second-order valence-electron chi connectivity index (χ2n) is 4.75. The van der Waals surface area contributed by atoms with Crippen LogP contribution in [0, 0.1) is 0 Å². The molecule has 0 aliphatic heterocycles. The predicted molar refractivity (Wildman–Crippen MR) is 86.1 cm³/mol. The van der Waals surface area contributed by atoms with Crippen LogP contribution in [0.25, 0.3) is 0 Å². The summed E-state index contributed by atoms with van der Waals surface area (Å²) in [6.45, 7) is 4.31. The first-order chi connectivity index (χ1) is 9.52. The van der Waals surface area contributed by atoms with Gasteiger partial charge in [-0.1, -0.05) is 55.2 Å². The summed E-state index contributed by atoms with van der Waals surface area (Å²) in [5.74, 6) is 1.73. The summed E-state index contributed by atoms with van der Waals surface area (Å²) < 4.78 is 5.93. The van der Waals surface area contributed by atoms with E-state index in [1.807, 2.05) is 18.2 Å². The summed E-state index contributed by atoms with van der Waals surface area (Å²) in [5, 5.41) is 0.851. The van der Waals surface area contributed by atoms with Crippen LogP contribution in [-0.2, 0) is 0 Å². The number of hydrogen-bond donors (Lipinski definition) is 1. The van der Waals surface area contributed by atoms with Crippen molar-refractivity contribution in [3.63, 3.8) is 0 Å². The van der Waals surface area contributed by atoms with Crippen LogP contribution in [0.5, 0.6) is 11.5 Å². The van der Waals surface area contributed by atoms with Crippen LogP contribution in [0.1, 0.15) is 31.7 Å². The van der Waals surface area contributed by atoms with E-state index in [-0.39, 0.29) is 0 Å². The highest BCUT2D eigenvalue weighted by Gasteiger charge is 2.13. The minimum Gasteiger partial charge on any atom is -0.455 e. The van der Waals surface area contributed by atoms with E-state index in [2.05, 4.69) is 19.9 Å². The number of rotatable bonds is 4. The van der Waals surface area contributed by atoms with Gasteiger partial charge < -0.3 is 10.5 Å². The predicted octanol–water partition coefficient (Wildman–Crippen LogP) is 5.88. The van der Waals surface area contributed by atoms with Gasteiger partial charge in [0.15, 0.2) is 5.75 Å². The van der Waals surface area contributed by atoms with Gasteiger partial charge in [0.05, 0.1) is 15.7 Å². The van der Waals surface area contributed by atoms with Crippen LogP contribution < -0.4 is 10.5 Å². The molecule has 0 aliphatic rings. The molecule has 2 aromatic rings. The number of ether oxygens (including phenoxy) is 1. The largest absolute Gasteiger partial charge is 0.455 e. The topological polar surface area (TPSA) is 35.2 Å². The molecule has 0 heterocycles. The van der Waals surface area contributed by atoms with E-state index >= 15 is 0 Å². The number of anilines is 1. The van der Waals surface area contributed by atoms with Crippen LogP contribution in [0.4, 0.5) is 5.69 Å². The highest BCUT2D eigenvalue weighted by atomic mass is 35.5. The maximum Gasteiger partial charge on any atom is 0.151 e. The molecule has 20 heavy (non-hydrogen) atoms. The summed E-state index contributed by atoms with van der Waals surface area (Å²) >= 11 is 11.9. The summed E-state index contributed by atoms with van der Waals surface area (Å²) in [6, 6.07) is 11.2. The van der Waals surface area contributed by atoms with Crippen LogP contribution in [-0.4, -0.2) is 0 Å². The van der Waals surface area contributed by atoms with Crippen molar-refractivity contribution in [2.24, 2.45) is 0 Å². The van der Waals surface area contributed by atoms with Crippen molar-refractivity contribution >= 4 is 28.9 Å². The Morgan fingerprint density at radius 3 is 2.45 bits per heavy atom. The molecule has 0 bridgehead atoms. The van der Waals surface area contributed by atoms with E-state index < -0.39 is 0 Å². The number of hydrogen-bond acceptors (Lipinski definition) is 2. The van der Waals surface area contributed by atoms with E-state index in [1.54, 1.807) is 12.1 Å². The molecule has 0 fully saturated rings. The standard InChI is InChI=1S/C16H17Cl2NO/c1-3-10(2)11-6-4-5-7-15(11)20-16-9-13(18)12(17)8-14(16)19/h4-10H,3,19H2,1-2H3. The fraction of sp³-hybridized carbons (Fsp3) is 0.250. The average molecular weight is 310 g/mol. The molecule has 2 aromatic carbocycles. The Kier molecular flexibility index (Phi) is 4.79. The number of benzene rings is 2. The number of nitrogen functional groups attached to an aromatic ring is 1. The van der Waals surface area contributed by atoms with Crippen LogP contribution in [0.15, 0.2) is 36.4 Å². The third kappa shape index (κ3) is 3.20. The first-order valence-corrected chi connectivity index (χ1v) is 7.29. The molecule has 2 N–H and O–H groups in total. The zero-order chi connectivity index (χ0) is 14.7. The van der Waals surface area contributed by atoms with Gasteiger partial charge in [-0.3, -0.25) is 0 Å². The van der Waals surface area contributed by atoms with Crippen molar-refractivity contribution in [3.05, 3.63) is 52.0 Å². The smallest absolute Gasteiger partial charge is 0.151 e. The Morgan fingerprint density at radius 1 is 1.10 bits per heavy atom. The van der Waals surface area contributed by atoms with Gasteiger partial charge in [-0.25, -0.2) is 0 Å². The summed E-state index contributed by atoms with van der Waals surface area (Å²) in [4.78, 5) is 0. The Bertz CT molecular complexity index is 613. The summed E-state index contributed by atoms with van der Waals surface area (Å²) in [6.07, 6.45) is 1.04. The lowest BCUT2D eigenvalue weighted by molar-refractivity contribution is 0.472. The van der Waals surface area contributed by atoms with Gasteiger partial charge in [-0.2, -0.15) is 0 Å². The van der Waals surface area contributed by atoms with E-state index in [1.165, 1.54) is 0 Å². The van der Waals surface area contributed by atoms with Crippen LogP contribution >= 0.6 is 23.2 Å². The van der Waals surface area contributed by atoms with Crippen molar-refractivity contribution in [1.82, 2.24) is 0 Å². The number of para-hydroxylation sites is 1. The molecule has 0 aliphatic carbocycles. The molecule has 0 amide bonds. The molecule has 0 spiro atoms. The Morgan fingerprint density at radius 2 is 1.75 bits per heavy atom. The monoisotopic (exact) mass is 309 g/mol. The average Bonchev–Trinajstić information content (AvgIpc) is 2.44. The fourth-order valence-electron chi connectivity index (χ4n) is 1.95. The maximum atomic E-state index is 6.01. The lowest BCUT2D eigenvalue weighted by Crippen LogP contribution is -1.98. The maximum absolute atomic E-state index is 6.01. The Hall–Kier alpha value is -1.38. The quantitative estimate of drug-likeness (QED) is 0.715. The minimum atomic E-state index is 0.412.